The molecule has 2 amide bonds. The molecular formula is C23H26N2O5. The Morgan fingerprint density at radius 1 is 1.10 bits per heavy atom. The van der Waals surface area contributed by atoms with E-state index in [0.29, 0.717) is 11.4 Å². The normalized spacial score (nSPS) is 15.8. The zero-order chi connectivity index (χ0) is 21.8. The summed E-state index contributed by atoms with van der Waals surface area (Å²) < 4.78 is 10.3. The number of hydrogen-bond acceptors (Lipinski definition) is 5. The van der Waals surface area contributed by atoms with Gasteiger partial charge in [-0.2, -0.15) is 0 Å². The molecule has 1 atom stereocenters. The minimum absolute atomic E-state index is 0.0582. The van der Waals surface area contributed by atoms with Crippen molar-refractivity contribution in [3.8, 4) is 5.75 Å². The summed E-state index contributed by atoms with van der Waals surface area (Å²) in [6, 6.07) is 11.0. The number of carbonyl (C=O) groups excluding carboxylic acids is 3. The number of amides is 2. The minimum atomic E-state index is -0.602. The first-order valence-electron chi connectivity index (χ1n) is 9.77. The Morgan fingerprint density at radius 3 is 2.33 bits per heavy atom. The molecule has 7 nitrogen and oxygen atoms in total. The highest BCUT2D eigenvalue weighted by Crippen LogP contribution is 2.27. The molecule has 2 aromatic carbocycles. The summed E-state index contributed by atoms with van der Waals surface area (Å²) in [6.45, 7) is 5.66. The SMILES string of the molecule is COc1ccc(N2CC(C(=O)OCC(=O)Nc3c(C)cc(C)cc3C)CC2=O)cc1. The molecule has 3 rings (SSSR count). The summed E-state index contributed by atoms with van der Waals surface area (Å²) in [5, 5.41) is 2.80. The number of benzene rings is 2. The molecule has 30 heavy (non-hydrogen) atoms. The fourth-order valence-corrected chi connectivity index (χ4v) is 3.68. The van der Waals surface area contributed by atoms with Gasteiger partial charge < -0.3 is 19.7 Å². The van der Waals surface area contributed by atoms with Gasteiger partial charge in [-0.3, -0.25) is 14.4 Å². The van der Waals surface area contributed by atoms with Crippen LogP contribution in [-0.2, 0) is 19.1 Å². The molecule has 1 saturated heterocycles. The number of carbonyl (C=O) groups is 3. The zero-order valence-electron chi connectivity index (χ0n) is 17.7. The van der Waals surface area contributed by atoms with Crippen molar-refractivity contribution in [1.29, 1.82) is 0 Å². The van der Waals surface area contributed by atoms with Gasteiger partial charge in [-0.25, -0.2) is 0 Å². The molecule has 0 aromatic heterocycles. The average molecular weight is 410 g/mol. The maximum atomic E-state index is 12.4. The van der Waals surface area contributed by atoms with Crippen LogP contribution in [-0.4, -0.2) is 38.0 Å². The van der Waals surface area contributed by atoms with E-state index in [4.69, 9.17) is 9.47 Å². The predicted molar refractivity (Wildman–Crippen MR) is 114 cm³/mol. The van der Waals surface area contributed by atoms with E-state index in [9.17, 15) is 14.4 Å². The Balaban J connectivity index is 1.55. The maximum Gasteiger partial charge on any atom is 0.311 e. The maximum absolute atomic E-state index is 12.4. The van der Waals surface area contributed by atoms with Crippen molar-refractivity contribution in [3.05, 3.63) is 53.1 Å². The van der Waals surface area contributed by atoms with Crippen LogP contribution in [0.3, 0.4) is 0 Å². The largest absolute Gasteiger partial charge is 0.497 e. The molecule has 1 unspecified atom stereocenters. The minimum Gasteiger partial charge on any atom is -0.497 e. The van der Waals surface area contributed by atoms with E-state index in [1.807, 2.05) is 32.9 Å². The van der Waals surface area contributed by atoms with Gasteiger partial charge in [-0.15, -0.1) is 0 Å². The summed E-state index contributed by atoms with van der Waals surface area (Å²) in [5.41, 5.74) is 4.43. The van der Waals surface area contributed by atoms with Crippen LogP contribution >= 0.6 is 0 Å². The van der Waals surface area contributed by atoms with E-state index in [1.165, 1.54) is 0 Å². The molecule has 7 heteroatoms. The van der Waals surface area contributed by atoms with Crippen LogP contribution in [0.25, 0.3) is 0 Å². The first-order chi connectivity index (χ1) is 14.3. The number of anilines is 2. The molecule has 0 bridgehead atoms. The summed E-state index contributed by atoms with van der Waals surface area (Å²) >= 11 is 0. The Bertz CT molecular complexity index is 945. The van der Waals surface area contributed by atoms with Crippen molar-refractivity contribution in [2.45, 2.75) is 27.2 Å². The van der Waals surface area contributed by atoms with Crippen molar-refractivity contribution in [3.63, 3.8) is 0 Å². The predicted octanol–water partition coefficient (Wildman–Crippen LogP) is 3.16. The number of methoxy groups -OCH3 is 1. The second-order valence-corrected chi connectivity index (χ2v) is 7.53. The highest BCUT2D eigenvalue weighted by molar-refractivity contribution is 6.00. The van der Waals surface area contributed by atoms with Crippen LogP contribution in [0.2, 0.25) is 0 Å². The third-order valence-electron chi connectivity index (χ3n) is 5.13. The van der Waals surface area contributed by atoms with Crippen LogP contribution in [0, 0.1) is 26.7 Å². The fraction of sp³-hybridized carbons (Fsp3) is 0.348. The van der Waals surface area contributed by atoms with Crippen molar-refractivity contribution < 1.29 is 23.9 Å². The van der Waals surface area contributed by atoms with Crippen molar-refractivity contribution in [2.24, 2.45) is 5.92 Å². The first kappa shape index (κ1) is 21.4. The molecule has 1 fully saturated rings. The number of esters is 1. The Kier molecular flexibility index (Phi) is 6.40. The lowest BCUT2D eigenvalue weighted by Gasteiger charge is -2.17. The summed E-state index contributed by atoms with van der Waals surface area (Å²) in [4.78, 5) is 38.5. The Labute approximate surface area is 176 Å². The van der Waals surface area contributed by atoms with Gasteiger partial charge in [0.15, 0.2) is 6.61 Å². The van der Waals surface area contributed by atoms with Gasteiger partial charge >= 0.3 is 5.97 Å². The van der Waals surface area contributed by atoms with Crippen molar-refractivity contribution in [2.75, 3.05) is 30.5 Å². The van der Waals surface area contributed by atoms with Crippen LogP contribution in [0.4, 0.5) is 11.4 Å². The van der Waals surface area contributed by atoms with Gasteiger partial charge in [-0.05, 0) is 56.2 Å². The molecule has 2 aromatic rings. The number of hydrogen-bond donors (Lipinski definition) is 1. The smallest absolute Gasteiger partial charge is 0.311 e. The molecule has 1 N–H and O–H groups in total. The first-order valence-corrected chi connectivity index (χ1v) is 9.77. The average Bonchev–Trinajstić information content (AvgIpc) is 3.10. The number of nitrogens with zero attached hydrogens (tertiary/aromatic N) is 1. The van der Waals surface area contributed by atoms with Gasteiger partial charge in [-0.1, -0.05) is 17.7 Å². The van der Waals surface area contributed by atoms with Crippen LogP contribution in [0.15, 0.2) is 36.4 Å². The van der Waals surface area contributed by atoms with Crippen LogP contribution < -0.4 is 15.0 Å². The van der Waals surface area contributed by atoms with Gasteiger partial charge in [0.2, 0.25) is 5.91 Å². The second-order valence-electron chi connectivity index (χ2n) is 7.53. The van der Waals surface area contributed by atoms with Gasteiger partial charge in [0.1, 0.15) is 5.75 Å². The van der Waals surface area contributed by atoms with Crippen LogP contribution in [0.5, 0.6) is 5.75 Å². The number of aryl methyl sites for hydroxylation is 3. The number of ether oxygens (including phenoxy) is 2. The third-order valence-corrected chi connectivity index (χ3v) is 5.13. The molecule has 0 spiro atoms. The molecule has 0 saturated carbocycles. The lowest BCUT2D eigenvalue weighted by molar-refractivity contribution is -0.151. The zero-order valence-corrected chi connectivity index (χ0v) is 17.7. The molecular weight excluding hydrogens is 384 g/mol. The Morgan fingerprint density at radius 2 is 1.73 bits per heavy atom. The van der Waals surface area contributed by atoms with Crippen molar-refractivity contribution in [1.82, 2.24) is 0 Å². The molecule has 1 heterocycles. The highest BCUT2D eigenvalue weighted by atomic mass is 16.5. The third kappa shape index (κ3) is 4.79. The molecule has 0 aliphatic carbocycles. The van der Waals surface area contributed by atoms with E-state index in [0.717, 1.165) is 22.4 Å². The topological polar surface area (TPSA) is 84.9 Å². The van der Waals surface area contributed by atoms with Gasteiger partial charge in [0, 0.05) is 24.3 Å². The molecule has 1 aliphatic heterocycles. The molecule has 0 radical (unpaired) electrons. The van der Waals surface area contributed by atoms with E-state index in [1.54, 1.807) is 36.3 Å². The Hall–Kier alpha value is -3.35. The number of nitrogens with one attached hydrogen (secondary N) is 1. The molecule has 1 aliphatic rings. The fourth-order valence-electron chi connectivity index (χ4n) is 3.68. The lowest BCUT2D eigenvalue weighted by atomic mass is 10.1. The van der Waals surface area contributed by atoms with Gasteiger partial charge in [0.05, 0.1) is 13.0 Å². The van der Waals surface area contributed by atoms with Crippen molar-refractivity contribution >= 4 is 29.2 Å². The standard InChI is InChI=1S/C23H26N2O5/c1-14-9-15(2)22(16(3)10-14)24-20(26)13-30-23(28)17-11-21(27)25(12-17)18-5-7-19(29-4)8-6-18/h5-10,17H,11-13H2,1-4H3,(H,24,26). The van der Waals surface area contributed by atoms with E-state index in [-0.39, 0.29) is 18.9 Å². The van der Waals surface area contributed by atoms with E-state index in [2.05, 4.69) is 5.32 Å². The summed E-state index contributed by atoms with van der Waals surface area (Å²) in [5.74, 6) is -1.03. The van der Waals surface area contributed by atoms with Gasteiger partial charge in [0.25, 0.3) is 5.91 Å². The van der Waals surface area contributed by atoms with Crippen LogP contribution in [0.1, 0.15) is 23.1 Å². The van der Waals surface area contributed by atoms with E-state index < -0.39 is 24.4 Å². The van der Waals surface area contributed by atoms with E-state index >= 15 is 0 Å². The summed E-state index contributed by atoms with van der Waals surface area (Å²) in [7, 11) is 1.57. The molecule has 158 valence electrons. The number of rotatable bonds is 6. The second kappa shape index (κ2) is 8.98. The quantitative estimate of drug-likeness (QED) is 0.740. The highest BCUT2D eigenvalue weighted by Gasteiger charge is 2.36. The monoisotopic (exact) mass is 410 g/mol. The lowest BCUT2D eigenvalue weighted by Crippen LogP contribution is -2.28. The summed E-state index contributed by atoms with van der Waals surface area (Å²) in [6.07, 6.45) is 0.0582.